The highest BCUT2D eigenvalue weighted by Gasteiger charge is 2.30. The molecule has 2 fully saturated rings. The van der Waals surface area contributed by atoms with Crippen LogP contribution in [0.3, 0.4) is 0 Å². The third-order valence-electron chi connectivity index (χ3n) is 4.75. The van der Waals surface area contributed by atoms with Crippen molar-refractivity contribution in [2.75, 3.05) is 32.8 Å². The van der Waals surface area contributed by atoms with Crippen LogP contribution >= 0.6 is 0 Å². The highest BCUT2D eigenvalue weighted by atomic mass is 16.5. The molecule has 0 unspecified atom stereocenters. The van der Waals surface area contributed by atoms with E-state index in [0.29, 0.717) is 13.2 Å². The van der Waals surface area contributed by atoms with E-state index in [1.807, 2.05) is 11.0 Å². The van der Waals surface area contributed by atoms with Crippen LogP contribution in [0.25, 0.3) is 0 Å². The summed E-state index contributed by atoms with van der Waals surface area (Å²) in [6.45, 7) is 7.64. The summed E-state index contributed by atoms with van der Waals surface area (Å²) < 4.78 is 11.5. The number of likely N-dealkylation sites (tertiary alicyclic amines) is 1. The van der Waals surface area contributed by atoms with Crippen molar-refractivity contribution < 1.29 is 14.3 Å². The highest BCUT2D eigenvalue weighted by Crippen LogP contribution is 2.22. The molecule has 1 N–H and O–H groups in total. The second-order valence-electron chi connectivity index (χ2n) is 6.47. The van der Waals surface area contributed by atoms with Crippen molar-refractivity contribution in [3.05, 3.63) is 29.3 Å². The fourth-order valence-corrected chi connectivity index (χ4v) is 3.12. The lowest BCUT2D eigenvalue weighted by molar-refractivity contribution is -0.138. The Bertz CT molecular complexity index is 547. The number of nitrogens with one attached hydrogen (secondary N) is 1. The van der Waals surface area contributed by atoms with Gasteiger partial charge in [0.1, 0.15) is 17.9 Å². The van der Waals surface area contributed by atoms with Gasteiger partial charge in [0, 0.05) is 32.5 Å². The van der Waals surface area contributed by atoms with Gasteiger partial charge in [0.15, 0.2) is 0 Å². The summed E-state index contributed by atoms with van der Waals surface area (Å²) in [5.41, 5.74) is 2.53. The number of carbonyl (C=O) groups excluding carboxylic acids is 1. The second kappa shape index (κ2) is 7.32. The van der Waals surface area contributed by atoms with Gasteiger partial charge in [-0.15, -0.1) is 0 Å². The minimum atomic E-state index is -0.180. The number of nitrogens with zero attached hydrogens (tertiary/aromatic N) is 1. The standard InChI is InChI=1S/C18H26N2O3/c1-13-3-4-16(11-14(13)2)23-15-5-8-20(9-6-15)18(21)17-12-22-10-7-19-17/h3-4,11,15,17,19H,5-10,12H2,1-2H3/t17-/m1/s1. The quantitative estimate of drug-likeness (QED) is 0.921. The third kappa shape index (κ3) is 4.03. The van der Waals surface area contributed by atoms with E-state index in [-0.39, 0.29) is 18.1 Å². The van der Waals surface area contributed by atoms with E-state index in [2.05, 4.69) is 31.3 Å². The predicted octanol–water partition coefficient (Wildman–Crippen LogP) is 1.66. The molecule has 2 heterocycles. The maximum absolute atomic E-state index is 12.4. The van der Waals surface area contributed by atoms with Crippen LogP contribution in [0.2, 0.25) is 0 Å². The van der Waals surface area contributed by atoms with Gasteiger partial charge in [-0.25, -0.2) is 0 Å². The van der Waals surface area contributed by atoms with Crippen LogP contribution in [0.4, 0.5) is 0 Å². The Hall–Kier alpha value is -1.59. The lowest BCUT2D eigenvalue weighted by Gasteiger charge is -2.35. The number of hydrogen-bond donors (Lipinski definition) is 1. The van der Waals surface area contributed by atoms with Crippen molar-refractivity contribution in [3.8, 4) is 5.75 Å². The van der Waals surface area contributed by atoms with Crippen molar-refractivity contribution >= 4 is 5.91 Å². The number of morpholine rings is 1. The molecule has 0 radical (unpaired) electrons. The van der Waals surface area contributed by atoms with Crippen LogP contribution < -0.4 is 10.1 Å². The molecular formula is C18H26N2O3. The number of ether oxygens (including phenoxy) is 2. The highest BCUT2D eigenvalue weighted by molar-refractivity contribution is 5.82. The van der Waals surface area contributed by atoms with Crippen LogP contribution in [-0.2, 0) is 9.53 Å². The molecule has 1 aromatic rings. The first-order chi connectivity index (χ1) is 11.1. The van der Waals surface area contributed by atoms with Gasteiger partial charge in [-0.2, -0.15) is 0 Å². The number of hydrogen-bond acceptors (Lipinski definition) is 4. The molecule has 2 saturated heterocycles. The molecule has 2 aliphatic heterocycles. The Morgan fingerprint density at radius 2 is 2.04 bits per heavy atom. The first-order valence-corrected chi connectivity index (χ1v) is 8.47. The molecule has 2 aliphatic rings. The lowest BCUT2D eigenvalue weighted by Crippen LogP contribution is -2.54. The third-order valence-corrected chi connectivity index (χ3v) is 4.75. The number of piperidine rings is 1. The number of rotatable bonds is 3. The van der Waals surface area contributed by atoms with Crippen LogP contribution in [-0.4, -0.2) is 55.8 Å². The topological polar surface area (TPSA) is 50.8 Å². The van der Waals surface area contributed by atoms with E-state index in [1.54, 1.807) is 0 Å². The van der Waals surface area contributed by atoms with Crippen LogP contribution in [0.1, 0.15) is 24.0 Å². The Morgan fingerprint density at radius 3 is 2.70 bits per heavy atom. The van der Waals surface area contributed by atoms with Gasteiger partial charge in [-0.1, -0.05) is 6.07 Å². The smallest absolute Gasteiger partial charge is 0.242 e. The Kier molecular flexibility index (Phi) is 5.18. The summed E-state index contributed by atoms with van der Waals surface area (Å²) in [6, 6.07) is 6.04. The summed E-state index contributed by atoms with van der Waals surface area (Å²) in [5.74, 6) is 1.09. The predicted molar refractivity (Wildman–Crippen MR) is 88.8 cm³/mol. The molecule has 0 bridgehead atoms. The van der Waals surface area contributed by atoms with Gasteiger partial charge >= 0.3 is 0 Å². The van der Waals surface area contributed by atoms with Crippen LogP contribution in [0.15, 0.2) is 18.2 Å². The average Bonchev–Trinajstić information content (AvgIpc) is 2.59. The van der Waals surface area contributed by atoms with E-state index in [1.165, 1.54) is 11.1 Å². The molecule has 3 rings (SSSR count). The van der Waals surface area contributed by atoms with Crippen molar-refractivity contribution in [2.24, 2.45) is 0 Å². The van der Waals surface area contributed by atoms with Crippen molar-refractivity contribution in [1.82, 2.24) is 10.2 Å². The fourth-order valence-electron chi connectivity index (χ4n) is 3.12. The summed E-state index contributed by atoms with van der Waals surface area (Å²) in [6.07, 6.45) is 1.95. The number of benzene rings is 1. The average molecular weight is 318 g/mol. The molecule has 1 amide bonds. The molecular weight excluding hydrogens is 292 g/mol. The SMILES string of the molecule is Cc1ccc(OC2CCN(C(=O)[C@H]3COCCN3)CC2)cc1C. The van der Waals surface area contributed by atoms with Crippen molar-refractivity contribution in [3.63, 3.8) is 0 Å². The first-order valence-electron chi connectivity index (χ1n) is 8.47. The van der Waals surface area contributed by atoms with Gasteiger partial charge in [-0.05, 0) is 37.1 Å². The largest absolute Gasteiger partial charge is 0.490 e. The molecule has 1 atom stereocenters. The van der Waals surface area contributed by atoms with Gasteiger partial charge in [0.2, 0.25) is 5.91 Å². The van der Waals surface area contributed by atoms with Crippen LogP contribution in [0.5, 0.6) is 5.75 Å². The first kappa shape index (κ1) is 16.3. The van der Waals surface area contributed by atoms with Crippen molar-refractivity contribution in [1.29, 1.82) is 0 Å². The molecule has 0 aromatic heterocycles. The van der Waals surface area contributed by atoms with Gasteiger partial charge in [0.05, 0.1) is 13.2 Å². The van der Waals surface area contributed by atoms with Crippen molar-refractivity contribution in [2.45, 2.75) is 38.8 Å². The number of aryl methyl sites for hydroxylation is 2. The van der Waals surface area contributed by atoms with E-state index in [9.17, 15) is 4.79 Å². The zero-order valence-corrected chi connectivity index (χ0v) is 14.0. The normalized spacial score (nSPS) is 22.9. The molecule has 0 saturated carbocycles. The van der Waals surface area contributed by atoms with E-state index < -0.39 is 0 Å². The van der Waals surface area contributed by atoms with E-state index in [4.69, 9.17) is 9.47 Å². The molecule has 126 valence electrons. The van der Waals surface area contributed by atoms with Gasteiger partial charge in [0.25, 0.3) is 0 Å². The molecule has 1 aromatic carbocycles. The number of amides is 1. The second-order valence-corrected chi connectivity index (χ2v) is 6.47. The maximum Gasteiger partial charge on any atom is 0.242 e. The summed E-state index contributed by atoms with van der Waals surface area (Å²) in [7, 11) is 0. The zero-order chi connectivity index (χ0) is 16.2. The van der Waals surface area contributed by atoms with E-state index >= 15 is 0 Å². The monoisotopic (exact) mass is 318 g/mol. The molecule has 5 nitrogen and oxygen atoms in total. The number of carbonyl (C=O) groups is 1. The van der Waals surface area contributed by atoms with Gasteiger partial charge < -0.3 is 19.7 Å². The lowest BCUT2D eigenvalue weighted by atomic mass is 10.1. The maximum atomic E-state index is 12.4. The Balaban J connectivity index is 1.49. The molecule has 0 spiro atoms. The molecule has 5 heteroatoms. The minimum Gasteiger partial charge on any atom is -0.490 e. The summed E-state index contributed by atoms with van der Waals surface area (Å²) in [5, 5.41) is 3.23. The van der Waals surface area contributed by atoms with Crippen LogP contribution in [0, 0.1) is 13.8 Å². The Morgan fingerprint density at radius 1 is 1.26 bits per heavy atom. The summed E-state index contributed by atoms with van der Waals surface area (Å²) in [4.78, 5) is 14.4. The van der Waals surface area contributed by atoms with E-state index in [0.717, 1.165) is 38.2 Å². The zero-order valence-electron chi connectivity index (χ0n) is 14.0. The summed E-state index contributed by atoms with van der Waals surface area (Å²) >= 11 is 0. The van der Waals surface area contributed by atoms with Gasteiger partial charge in [-0.3, -0.25) is 4.79 Å². The minimum absolute atomic E-state index is 0.161. The fraction of sp³-hybridized carbons (Fsp3) is 0.611. The Labute approximate surface area is 137 Å². The molecule has 23 heavy (non-hydrogen) atoms. The molecule has 0 aliphatic carbocycles.